The molecule has 1 rings (SSSR count). The molecule has 0 saturated heterocycles. The molecule has 0 aliphatic carbocycles. The molecule has 134 valence electrons. The number of carbonyl (C=O) groups is 1. The van der Waals surface area contributed by atoms with Crippen LogP contribution in [0.4, 0.5) is 0 Å². The van der Waals surface area contributed by atoms with E-state index >= 15 is 0 Å². The monoisotopic (exact) mass is 349 g/mol. The Morgan fingerprint density at radius 2 is 1.67 bits per heavy atom. The molecule has 0 bridgehead atoms. The van der Waals surface area contributed by atoms with Gasteiger partial charge in [-0.05, 0) is 32.9 Å². The summed E-state index contributed by atoms with van der Waals surface area (Å²) in [7, 11) is 0. The minimum atomic E-state index is -0.400. The van der Waals surface area contributed by atoms with Crippen molar-refractivity contribution in [2.24, 2.45) is 5.16 Å². The Morgan fingerprint density at radius 3 is 2.29 bits per heavy atom. The number of unbranched alkanes of at least 4 members (excludes halogenated alkanes) is 5. The van der Waals surface area contributed by atoms with Crippen molar-refractivity contribution in [2.45, 2.75) is 71.8 Å². The Bertz CT molecular complexity index is 506. The molecule has 0 aromatic heterocycles. The predicted molar refractivity (Wildman–Crippen MR) is 105 cm³/mol. The molecule has 0 aliphatic heterocycles. The maximum atomic E-state index is 12.6. The second-order valence-electron chi connectivity index (χ2n) is 6.91. The fourth-order valence-electron chi connectivity index (χ4n) is 2.08. The highest BCUT2D eigenvalue weighted by atomic mass is 32.2. The molecule has 0 N–H and O–H groups in total. The van der Waals surface area contributed by atoms with Crippen LogP contribution in [0.1, 0.15) is 76.6 Å². The van der Waals surface area contributed by atoms with Crippen molar-refractivity contribution in [3.8, 4) is 0 Å². The summed E-state index contributed by atoms with van der Waals surface area (Å²) >= 11 is 1.50. The van der Waals surface area contributed by atoms with E-state index in [-0.39, 0.29) is 5.78 Å². The molecule has 0 amide bonds. The van der Waals surface area contributed by atoms with E-state index in [0.717, 1.165) is 12.2 Å². The van der Waals surface area contributed by atoms with Crippen LogP contribution in [-0.2, 0) is 4.84 Å². The van der Waals surface area contributed by atoms with Crippen LogP contribution in [0.3, 0.4) is 0 Å². The maximum absolute atomic E-state index is 12.6. The fraction of sp³-hybridized carbons (Fsp3) is 0.600. The van der Waals surface area contributed by atoms with Crippen LogP contribution in [0.15, 0.2) is 35.5 Å². The lowest BCUT2D eigenvalue weighted by Gasteiger charge is -2.16. The quantitative estimate of drug-likeness (QED) is 0.169. The normalized spacial score (nSPS) is 12.2. The first-order chi connectivity index (χ1) is 11.4. The molecule has 4 heteroatoms. The van der Waals surface area contributed by atoms with E-state index in [1.54, 1.807) is 0 Å². The average Bonchev–Trinajstić information content (AvgIpc) is 2.56. The predicted octanol–water partition coefficient (Wildman–Crippen LogP) is 6.09. The average molecular weight is 350 g/mol. The number of rotatable bonds is 10. The Balaban J connectivity index is 2.57. The lowest BCUT2D eigenvalue weighted by atomic mass is 10.1. The van der Waals surface area contributed by atoms with Gasteiger partial charge in [-0.3, -0.25) is 4.79 Å². The van der Waals surface area contributed by atoms with Gasteiger partial charge in [-0.1, -0.05) is 86.3 Å². The molecule has 0 saturated carbocycles. The molecule has 0 atom stereocenters. The number of thioether (sulfide) groups is 1. The molecule has 0 fully saturated rings. The van der Waals surface area contributed by atoms with E-state index in [2.05, 4.69) is 12.1 Å². The number of hydrogen-bond acceptors (Lipinski definition) is 4. The van der Waals surface area contributed by atoms with Gasteiger partial charge in [0.25, 0.3) is 0 Å². The molecule has 24 heavy (non-hydrogen) atoms. The second kappa shape index (κ2) is 11.3. The Kier molecular flexibility index (Phi) is 9.77. The highest BCUT2D eigenvalue weighted by Gasteiger charge is 2.18. The molecule has 1 aromatic rings. The van der Waals surface area contributed by atoms with Crippen molar-refractivity contribution in [3.05, 3.63) is 35.9 Å². The van der Waals surface area contributed by atoms with Gasteiger partial charge in [0.1, 0.15) is 5.60 Å². The molecule has 0 radical (unpaired) electrons. The zero-order valence-corrected chi connectivity index (χ0v) is 16.3. The van der Waals surface area contributed by atoms with Gasteiger partial charge in [0.2, 0.25) is 5.78 Å². The van der Waals surface area contributed by atoms with Gasteiger partial charge < -0.3 is 4.84 Å². The van der Waals surface area contributed by atoms with Crippen LogP contribution in [0.2, 0.25) is 0 Å². The summed E-state index contributed by atoms with van der Waals surface area (Å²) in [6.07, 6.45) is 7.46. The van der Waals surface area contributed by atoms with Crippen LogP contribution >= 0.6 is 11.8 Å². The smallest absolute Gasteiger partial charge is 0.221 e. The molecule has 0 aliphatic rings. The van der Waals surface area contributed by atoms with Crippen LogP contribution in [0, 0.1) is 0 Å². The highest BCUT2D eigenvalue weighted by molar-refractivity contribution is 8.15. The third-order valence-corrected chi connectivity index (χ3v) is 4.40. The number of carbonyl (C=O) groups excluding carboxylic acids is 1. The third kappa shape index (κ3) is 9.11. The van der Waals surface area contributed by atoms with E-state index in [0.29, 0.717) is 10.6 Å². The molecule has 3 nitrogen and oxygen atoms in total. The van der Waals surface area contributed by atoms with Gasteiger partial charge in [0.05, 0.1) is 0 Å². The number of oxime groups is 1. The SMILES string of the molecule is CCCCCCCCS/C(=N\OC(C)(C)C)C(=O)c1ccccc1. The number of Topliss-reactive ketones (excluding diaryl/α,β-unsaturated/α-hetero) is 1. The van der Waals surface area contributed by atoms with Gasteiger partial charge in [-0.2, -0.15) is 0 Å². The van der Waals surface area contributed by atoms with Gasteiger partial charge in [0.15, 0.2) is 5.04 Å². The minimum absolute atomic E-state index is 0.0594. The number of benzene rings is 1. The van der Waals surface area contributed by atoms with Crippen molar-refractivity contribution < 1.29 is 9.63 Å². The minimum Gasteiger partial charge on any atom is -0.389 e. The summed E-state index contributed by atoms with van der Waals surface area (Å²) in [5.74, 6) is 0.840. The first-order valence-electron chi connectivity index (χ1n) is 8.93. The van der Waals surface area contributed by atoms with Crippen LogP contribution in [0.5, 0.6) is 0 Å². The molecule has 0 spiro atoms. The Labute approximate surface area is 151 Å². The standard InChI is InChI=1S/C20H31NO2S/c1-5-6-7-8-9-13-16-24-19(21-23-20(2,3)4)18(22)17-14-11-10-12-15-17/h10-12,14-15H,5-9,13,16H2,1-4H3/b21-19-. The van der Waals surface area contributed by atoms with Crippen molar-refractivity contribution >= 4 is 22.6 Å². The molecule has 1 aromatic carbocycles. The summed E-state index contributed by atoms with van der Waals surface area (Å²) in [5.41, 5.74) is 0.257. The number of hydrogen-bond donors (Lipinski definition) is 0. The van der Waals surface area contributed by atoms with Crippen LogP contribution in [0.25, 0.3) is 0 Å². The summed E-state index contributed by atoms with van der Waals surface area (Å²) in [6.45, 7) is 8.02. The van der Waals surface area contributed by atoms with Crippen molar-refractivity contribution in [1.29, 1.82) is 0 Å². The van der Waals surface area contributed by atoms with Crippen LogP contribution in [-0.4, -0.2) is 22.2 Å². The largest absolute Gasteiger partial charge is 0.389 e. The van der Waals surface area contributed by atoms with E-state index < -0.39 is 5.60 Å². The lowest BCUT2D eigenvalue weighted by Crippen LogP contribution is -2.19. The summed E-state index contributed by atoms with van der Waals surface area (Å²) in [4.78, 5) is 18.1. The van der Waals surface area contributed by atoms with Gasteiger partial charge in [-0.25, -0.2) is 0 Å². The zero-order valence-electron chi connectivity index (χ0n) is 15.5. The summed E-state index contributed by atoms with van der Waals surface area (Å²) in [5, 5.41) is 4.60. The highest BCUT2D eigenvalue weighted by Crippen LogP contribution is 2.17. The Hall–Kier alpha value is -1.29. The van der Waals surface area contributed by atoms with Gasteiger partial charge in [-0.15, -0.1) is 0 Å². The summed E-state index contributed by atoms with van der Waals surface area (Å²) < 4.78 is 0. The second-order valence-corrected chi connectivity index (χ2v) is 8.00. The van der Waals surface area contributed by atoms with E-state index in [9.17, 15) is 4.79 Å². The van der Waals surface area contributed by atoms with Crippen molar-refractivity contribution in [1.82, 2.24) is 0 Å². The molecular weight excluding hydrogens is 318 g/mol. The van der Waals surface area contributed by atoms with E-state index in [4.69, 9.17) is 4.84 Å². The first kappa shape index (κ1) is 20.8. The van der Waals surface area contributed by atoms with E-state index in [1.165, 1.54) is 43.9 Å². The fourth-order valence-corrected chi connectivity index (χ4v) is 2.96. The molecule has 0 heterocycles. The topological polar surface area (TPSA) is 38.7 Å². The lowest BCUT2D eigenvalue weighted by molar-refractivity contribution is 0.00149. The Morgan fingerprint density at radius 1 is 1.04 bits per heavy atom. The van der Waals surface area contributed by atoms with Crippen LogP contribution < -0.4 is 0 Å². The molecular formula is C20H31NO2S. The maximum Gasteiger partial charge on any atom is 0.221 e. The number of ketones is 1. The van der Waals surface area contributed by atoms with Gasteiger partial charge in [0, 0.05) is 5.56 Å². The number of nitrogens with zero attached hydrogens (tertiary/aromatic N) is 1. The van der Waals surface area contributed by atoms with Crippen molar-refractivity contribution in [2.75, 3.05) is 5.75 Å². The van der Waals surface area contributed by atoms with Crippen molar-refractivity contribution in [3.63, 3.8) is 0 Å². The summed E-state index contributed by atoms with van der Waals surface area (Å²) in [6, 6.07) is 9.28. The third-order valence-electron chi connectivity index (χ3n) is 3.37. The van der Waals surface area contributed by atoms with Gasteiger partial charge >= 0.3 is 0 Å². The molecule has 0 unspecified atom stereocenters. The zero-order chi connectivity index (χ0) is 17.8. The van der Waals surface area contributed by atoms with E-state index in [1.807, 2.05) is 51.1 Å². The first-order valence-corrected chi connectivity index (χ1v) is 9.91.